The monoisotopic (exact) mass is 388 g/mol. The summed E-state index contributed by atoms with van der Waals surface area (Å²) in [5, 5.41) is 0. The highest BCUT2D eigenvalue weighted by Crippen LogP contribution is 2.18. The molecule has 2 aliphatic heterocycles. The molecule has 0 aromatic heterocycles. The van der Waals surface area contributed by atoms with Crippen LogP contribution in [-0.4, -0.2) is 74.3 Å². The van der Waals surface area contributed by atoms with Crippen molar-refractivity contribution >= 4 is 21.8 Å². The van der Waals surface area contributed by atoms with Gasteiger partial charge in [0.25, 0.3) is 15.9 Å². The van der Waals surface area contributed by atoms with Crippen LogP contribution in [0.4, 0.5) is 0 Å². The third-order valence-electron chi connectivity index (χ3n) is 4.39. The van der Waals surface area contributed by atoms with Crippen molar-refractivity contribution in [1.29, 1.82) is 0 Å². The number of amides is 1. The lowest BCUT2D eigenvalue weighted by Gasteiger charge is -2.29. The van der Waals surface area contributed by atoms with Gasteiger partial charge in [-0.3, -0.25) is 4.79 Å². The van der Waals surface area contributed by atoms with Crippen molar-refractivity contribution in [2.75, 3.05) is 39.5 Å². The highest BCUT2D eigenvalue weighted by atomic mass is 32.2. The Kier molecular flexibility index (Phi) is 5.76. The molecule has 0 aliphatic carbocycles. The zero-order valence-electron chi connectivity index (χ0n) is 15.6. The minimum atomic E-state index is -3.40. The van der Waals surface area contributed by atoms with Gasteiger partial charge >= 0.3 is 0 Å². The summed E-state index contributed by atoms with van der Waals surface area (Å²) in [6.45, 7) is 2.18. The average Bonchev–Trinajstić information content (AvgIpc) is 2.64. The Balaban J connectivity index is 1.79. The van der Waals surface area contributed by atoms with Crippen molar-refractivity contribution in [1.82, 2.24) is 14.7 Å². The minimum Gasteiger partial charge on any atom is -0.333 e. The standard InChI is InChI=1S/C19H24N4O3S/c1-21(2)10-11-23(14-16-6-4-3-5-7-16)19(24)17-8-9-18-20-27(25,26)13-12-22(18)15-17/h3-9,15H,10-14H2,1-2H3. The molecule has 144 valence electrons. The maximum atomic E-state index is 13.1. The van der Waals surface area contributed by atoms with E-state index in [1.54, 1.807) is 23.3 Å². The van der Waals surface area contributed by atoms with Crippen molar-refractivity contribution in [2.24, 2.45) is 4.40 Å². The number of carbonyl (C=O) groups is 1. The van der Waals surface area contributed by atoms with Crippen LogP contribution in [0.3, 0.4) is 0 Å². The van der Waals surface area contributed by atoms with Crippen LogP contribution >= 0.6 is 0 Å². The minimum absolute atomic E-state index is 0.0450. The van der Waals surface area contributed by atoms with E-state index < -0.39 is 10.0 Å². The van der Waals surface area contributed by atoms with E-state index in [9.17, 15) is 13.2 Å². The van der Waals surface area contributed by atoms with Crippen molar-refractivity contribution < 1.29 is 13.2 Å². The van der Waals surface area contributed by atoms with Crippen molar-refractivity contribution in [2.45, 2.75) is 6.54 Å². The van der Waals surface area contributed by atoms with Gasteiger partial charge in [0.05, 0.1) is 11.3 Å². The van der Waals surface area contributed by atoms with Crippen molar-refractivity contribution in [3.8, 4) is 0 Å². The van der Waals surface area contributed by atoms with Crippen LogP contribution in [-0.2, 0) is 21.4 Å². The van der Waals surface area contributed by atoms with Gasteiger partial charge in [-0.05, 0) is 31.8 Å². The zero-order valence-corrected chi connectivity index (χ0v) is 16.4. The summed E-state index contributed by atoms with van der Waals surface area (Å²) in [5.41, 5.74) is 1.60. The molecule has 1 aromatic carbocycles. The predicted octanol–water partition coefficient (Wildman–Crippen LogP) is 1.07. The fourth-order valence-electron chi connectivity index (χ4n) is 2.89. The van der Waals surface area contributed by atoms with Crippen LogP contribution in [0.15, 0.2) is 58.7 Å². The molecule has 2 heterocycles. The van der Waals surface area contributed by atoms with Crippen LogP contribution in [0.5, 0.6) is 0 Å². The Bertz CT molecular complexity index is 889. The molecule has 0 saturated carbocycles. The van der Waals surface area contributed by atoms with Crippen molar-refractivity contribution in [3.63, 3.8) is 0 Å². The van der Waals surface area contributed by atoms with E-state index in [0.717, 1.165) is 12.1 Å². The van der Waals surface area contributed by atoms with Crippen LogP contribution in [0.25, 0.3) is 0 Å². The number of nitrogens with zero attached hydrogens (tertiary/aromatic N) is 4. The normalized spacial score (nSPS) is 18.0. The van der Waals surface area contributed by atoms with E-state index in [1.807, 2.05) is 54.2 Å². The van der Waals surface area contributed by atoms with Crippen LogP contribution in [0.2, 0.25) is 0 Å². The van der Waals surface area contributed by atoms with Crippen LogP contribution in [0.1, 0.15) is 5.56 Å². The fourth-order valence-corrected chi connectivity index (χ4v) is 3.86. The second-order valence-electron chi connectivity index (χ2n) is 6.86. The van der Waals surface area contributed by atoms with Gasteiger partial charge < -0.3 is 14.7 Å². The lowest BCUT2D eigenvalue weighted by atomic mass is 10.1. The molecular formula is C19H24N4O3S. The molecule has 1 aromatic rings. The number of rotatable bonds is 6. The lowest BCUT2D eigenvalue weighted by molar-refractivity contribution is -0.127. The quantitative estimate of drug-likeness (QED) is 0.729. The summed E-state index contributed by atoms with van der Waals surface area (Å²) in [4.78, 5) is 18.7. The topological polar surface area (TPSA) is 73.3 Å². The number of amidine groups is 1. The van der Waals surface area contributed by atoms with Gasteiger partial charge in [-0.1, -0.05) is 30.3 Å². The number of hydrogen-bond donors (Lipinski definition) is 0. The number of likely N-dealkylation sites (N-methyl/N-ethyl adjacent to an activating group) is 1. The molecule has 0 unspecified atom stereocenters. The second kappa shape index (κ2) is 8.06. The first-order valence-electron chi connectivity index (χ1n) is 8.81. The maximum Gasteiger partial charge on any atom is 0.256 e. The first-order valence-corrected chi connectivity index (χ1v) is 10.4. The van der Waals surface area contributed by atoms with Gasteiger partial charge in [0, 0.05) is 32.4 Å². The van der Waals surface area contributed by atoms with Crippen molar-refractivity contribution in [3.05, 3.63) is 59.8 Å². The molecule has 2 aliphatic rings. The average molecular weight is 388 g/mol. The number of sulfonamides is 1. The summed E-state index contributed by atoms with van der Waals surface area (Å²) in [6.07, 6.45) is 4.94. The maximum absolute atomic E-state index is 13.1. The van der Waals surface area contributed by atoms with Gasteiger partial charge in [-0.2, -0.15) is 0 Å². The summed E-state index contributed by atoms with van der Waals surface area (Å²) >= 11 is 0. The molecule has 0 N–H and O–H groups in total. The molecule has 8 heteroatoms. The molecule has 0 radical (unpaired) electrons. The molecule has 0 bridgehead atoms. The van der Waals surface area contributed by atoms with Crippen LogP contribution < -0.4 is 0 Å². The Morgan fingerprint density at radius 1 is 1.15 bits per heavy atom. The van der Waals surface area contributed by atoms with E-state index in [2.05, 4.69) is 4.40 Å². The lowest BCUT2D eigenvalue weighted by Crippen LogP contribution is -2.40. The molecule has 1 amide bonds. The third-order valence-corrected chi connectivity index (χ3v) is 5.56. The summed E-state index contributed by atoms with van der Waals surface area (Å²) in [7, 11) is 0.547. The molecular weight excluding hydrogens is 364 g/mol. The first-order chi connectivity index (χ1) is 12.8. The summed E-state index contributed by atoms with van der Waals surface area (Å²) < 4.78 is 27.0. The van der Waals surface area contributed by atoms with E-state index >= 15 is 0 Å². The Morgan fingerprint density at radius 2 is 1.89 bits per heavy atom. The second-order valence-corrected chi connectivity index (χ2v) is 8.62. The van der Waals surface area contributed by atoms with E-state index in [0.29, 0.717) is 31.0 Å². The summed E-state index contributed by atoms with van der Waals surface area (Å²) in [5.74, 6) is 0.238. The predicted molar refractivity (Wildman–Crippen MR) is 106 cm³/mol. The molecule has 27 heavy (non-hydrogen) atoms. The molecule has 0 atom stereocenters. The number of hydrogen-bond acceptors (Lipinski definition) is 5. The van der Waals surface area contributed by atoms with Gasteiger partial charge in [-0.25, -0.2) is 8.42 Å². The van der Waals surface area contributed by atoms with Gasteiger partial charge in [0.1, 0.15) is 5.84 Å². The zero-order chi connectivity index (χ0) is 19.4. The molecule has 7 nitrogen and oxygen atoms in total. The number of fused-ring (bicyclic) bond motifs is 1. The van der Waals surface area contributed by atoms with E-state index in [4.69, 9.17) is 0 Å². The molecule has 0 fully saturated rings. The molecule has 0 saturated heterocycles. The SMILES string of the molecule is CN(C)CCN(Cc1ccccc1)C(=O)C1=CN2CCS(=O)(=O)N=C2C=C1. The Morgan fingerprint density at radius 3 is 2.59 bits per heavy atom. The van der Waals surface area contributed by atoms with Gasteiger partial charge in [0.15, 0.2) is 0 Å². The number of benzene rings is 1. The van der Waals surface area contributed by atoms with Gasteiger partial charge in [-0.15, -0.1) is 4.40 Å². The fraction of sp³-hybridized carbons (Fsp3) is 0.368. The Hall–Kier alpha value is -2.45. The molecule has 3 rings (SSSR count). The third kappa shape index (κ3) is 5.05. The first kappa shape index (κ1) is 19.3. The van der Waals surface area contributed by atoms with Gasteiger partial charge in [0.2, 0.25) is 0 Å². The van der Waals surface area contributed by atoms with E-state index in [-0.39, 0.29) is 11.7 Å². The largest absolute Gasteiger partial charge is 0.333 e. The smallest absolute Gasteiger partial charge is 0.256 e. The van der Waals surface area contributed by atoms with E-state index in [1.165, 1.54) is 0 Å². The highest BCUT2D eigenvalue weighted by Gasteiger charge is 2.26. The van der Waals surface area contributed by atoms with Crippen LogP contribution in [0, 0.1) is 0 Å². The number of carbonyl (C=O) groups excluding carboxylic acids is 1. The highest BCUT2D eigenvalue weighted by molar-refractivity contribution is 7.90. The summed E-state index contributed by atoms with van der Waals surface area (Å²) in [6, 6.07) is 9.87. The molecule has 0 spiro atoms. The Labute approximate surface area is 160 Å².